The first-order chi connectivity index (χ1) is 15.5. The van der Waals surface area contributed by atoms with Gasteiger partial charge in [-0.15, -0.1) is 0 Å². The van der Waals surface area contributed by atoms with Crippen LogP contribution in [0.5, 0.6) is 0 Å². The summed E-state index contributed by atoms with van der Waals surface area (Å²) in [5.74, 6) is -0.178. The molecule has 1 heterocycles. The molecule has 33 heavy (non-hydrogen) atoms. The molecule has 10 heteroatoms. The summed E-state index contributed by atoms with van der Waals surface area (Å²) in [6, 6.07) is 8.91. The van der Waals surface area contributed by atoms with E-state index in [1.165, 1.54) is 12.1 Å². The van der Waals surface area contributed by atoms with Crippen LogP contribution in [0.25, 0.3) is 0 Å². The van der Waals surface area contributed by atoms with Gasteiger partial charge in [0.2, 0.25) is 0 Å². The third-order valence-electron chi connectivity index (χ3n) is 3.41. The zero-order valence-corrected chi connectivity index (χ0v) is 19.2. The molecule has 0 aromatic heterocycles. The molecule has 3 nitrogen and oxygen atoms in total. The zero-order chi connectivity index (χ0) is 25.9. The Morgan fingerprint density at radius 3 is 1.42 bits per heavy atom. The van der Waals surface area contributed by atoms with Gasteiger partial charge in [0.05, 0.1) is 30.9 Å². The standard InChI is InChI=1S/C9H6F6O.C6H5F.C4H9NO.2C2H6/c10-8(11,12)6-1-5(4-16)2-7(3-6)9(13,14)15;7-6-4-2-1-3-5-6;1-3-6-4-2-5-1;2*1-2/h1-3,16H,4H2;1-5H;5H,1-4H2;2*1-2H3. The Bertz CT molecular complexity index is 673. The van der Waals surface area contributed by atoms with E-state index in [1.54, 1.807) is 18.2 Å². The maximum atomic E-state index is 12.2. The lowest BCUT2D eigenvalue weighted by Gasteiger charge is -2.13. The quantitative estimate of drug-likeness (QED) is 0.440. The van der Waals surface area contributed by atoms with Crippen LogP contribution < -0.4 is 5.32 Å². The van der Waals surface area contributed by atoms with Crippen LogP contribution in [0, 0.1) is 5.82 Å². The van der Waals surface area contributed by atoms with Crippen LogP contribution in [0.4, 0.5) is 30.7 Å². The number of benzene rings is 2. The second-order valence-electron chi connectivity index (χ2n) is 5.73. The molecule has 0 amide bonds. The number of rotatable bonds is 1. The van der Waals surface area contributed by atoms with Crippen LogP contribution in [0.2, 0.25) is 0 Å². The molecule has 0 saturated carbocycles. The van der Waals surface area contributed by atoms with E-state index in [0.29, 0.717) is 12.1 Å². The van der Waals surface area contributed by atoms with Gasteiger partial charge in [0.15, 0.2) is 0 Å². The van der Waals surface area contributed by atoms with Crippen LogP contribution in [0.3, 0.4) is 0 Å². The van der Waals surface area contributed by atoms with Gasteiger partial charge in [-0.1, -0.05) is 45.9 Å². The van der Waals surface area contributed by atoms with E-state index in [-0.39, 0.29) is 11.9 Å². The number of hydrogen-bond donors (Lipinski definition) is 2. The highest BCUT2D eigenvalue weighted by Crippen LogP contribution is 2.36. The summed E-state index contributed by atoms with van der Waals surface area (Å²) in [6.07, 6.45) is -9.74. The Balaban J connectivity index is 0. The van der Waals surface area contributed by atoms with Crippen LogP contribution in [-0.4, -0.2) is 31.4 Å². The summed E-state index contributed by atoms with van der Waals surface area (Å²) < 4.78 is 90.3. The number of alkyl halides is 6. The Morgan fingerprint density at radius 2 is 1.21 bits per heavy atom. The van der Waals surface area contributed by atoms with E-state index in [4.69, 9.17) is 9.84 Å². The molecular weight excluding hydrogens is 455 g/mol. The summed E-state index contributed by atoms with van der Waals surface area (Å²) >= 11 is 0. The van der Waals surface area contributed by atoms with Crippen molar-refractivity contribution in [3.63, 3.8) is 0 Å². The highest BCUT2D eigenvalue weighted by Gasteiger charge is 2.36. The van der Waals surface area contributed by atoms with Crippen molar-refractivity contribution >= 4 is 0 Å². The first-order valence-corrected chi connectivity index (χ1v) is 10.4. The van der Waals surface area contributed by atoms with Gasteiger partial charge in [0.1, 0.15) is 5.82 Å². The fourth-order valence-corrected chi connectivity index (χ4v) is 2.04. The second-order valence-corrected chi connectivity index (χ2v) is 5.73. The lowest BCUT2D eigenvalue weighted by Crippen LogP contribution is -2.30. The molecule has 0 radical (unpaired) electrons. The van der Waals surface area contributed by atoms with Crippen molar-refractivity contribution in [3.8, 4) is 0 Å². The minimum atomic E-state index is -4.87. The lowest BCUT2D eigenvalue weighted by atomic mass is 10.1. The predicted molar refractivity (Wildman–Crippen MR) is 115 cm³/mol. The van der Waals surface area contributed by atoms with E-state index in [1.807, 2.05) is 27.7 Å². The average Bonchev–Trinajstić information content (AvgIpc) is 2.83. The van der Waals surface area contributed by atoms with Crippen molar-refractivity contribution in [2.75, 3.05) is 26.3 Å². The molecule has 2 aromatic carbocycles. The van der Waals surface area contributed by atoms with Crippen molar-refractivity contribution in [1.29, 1.82) is 0 Å². The van der Waals surface area contributed by atoms with Gasteiger partial charge >= 0.3 is 12.4 Å². The third kappa shape index (κ3) is 16.1. The molecule has 1 fully saturated rings. The van der Waals surface area contributed by atoms with E-state index in [2.05, 4.69) is 5.32 Å². The third-order valence-corrected chi connectivity index (χ3v) is 3.41. The summed E-state index contributed by atoms with van der Waals surface area (Å²) in [4.78, 5) is 0. The fraction of sp³-hybridized carbons (Fsp3) is 0.478. The zero-order valence-electron chi connectivity index (χ0n) is 19.2. The molecule has 0 spiro atoms. The monoisotopic (exact) mass is 487 g/mol. The topological polar surface area (TPSA) is 41.5 Å². The molecule has 190 valence electrons. The number of nitrogens with one attached hydrogen (secondary N) is 1. The normalized spacial score (nSPS) is 12.8. The Labute approximate surface area is 190 Å². The Hall–Kier alpha value is -2.17. The molecule has 0 aliphatic carbocycles. The molecule has 0 atom stereocenters. The largest absolute Gasteiger partial charge is 0.416 e. The van der Waals surface area contributed by atoms with E-state index in [0.717, 1.165) is 26.3 Å². The average molecular weight is 488 g/mol. The number of aliphatic hydroxyl groups is 1. The summed E-state index contributed by atoms with van der Waals surface area (Å²) in [6.45, 7) is 11.0. The molecule has 1 aliphatic heterocycles. The molecule has 2 N–H and O–H groups in total. The maximum absolute atomic E-state index is 12.2. The first kappa shape index (κ1) is 33.0. The molecular formula is C23H32F7NO2. The van der Waals surface area contributed by atoms with Crippen molar-refractivity contribution in [2.45, 2.75) is 46.7 Å². The van der Waals surface area contributed by atoms with Gasteiger partial charge in [-0.3, -0.25) is 0 Å². The Kier molecular flexibility index (Phi) is 18.3. The van der Waals surface area contributed by atoms with Crippen LogP contribution >= 0.6 is 0 Å². The number of morpholine rings is 1. The van der Waals surface area contributed by atoms with E-state index < -0.39 is 35.6 Å². The van der Waals surface area contributed by atoms with Crippen LogP contribution in [-0.2, 0) is 23.7 Å². The maximum Gasteiger partial charge on any atom is 0.416 e. The van der Waals surface area contributed by atoms with Gasteiger partial charge < -0.3 is 15.2 Å². The predicted octanol–water partition coefficient (Wildman–Crippen LogP) is 6.70. The molecule has 1 saturated heterocycles. The molecule has 0 bridgehead atoms. The lowest BCUT2D eigenvalue weighted by molar-refractivity contribution is -0.143. The van der Waals surface area contributed by atoms with Crippen LogP contribution in [0.1, 0.15) is 44.4 Å². The van der Waals surface area contributed by atoms with Crippen LogP contribution in [0.15, 0.2) is 48.5 Å². The van der Waals surface area contributed by atoms with Crippen molar-refractivity contribution in [1.82, 2.24) is 5.32 Å². The number of halogens is 7. The Morgan fingerprint density at radius 1 is 0.788 bits per heavy atom. The fourth-order valence-electron chi connectivity index (χ4n) is 2.04. The SMILES string of the molecule is C1COCCN1.CC.CC.Fc1ccccc1.OCc1cc(C(F)(F)F)cc(C(F)(F)F)c1. The van der Waals surface area contributed by atoms with Gasteiger partial charge in [0, 0.05) is 13.1 Å². The summed E-state index contributed by atoms with van der Waals surface area (Å²) in [5, 5.41) is 11.7. The van der Waals surface area contributed by atoms with Crippen molar-refractivity contribution < 1.29 is 40.6 Å². The number of hydrogen-bond acceptors (Lipinski definition) is 3. The number of ether oxygens (including phenoxy) is 1. The molecule has 3 rings (SSSR count). The molecule has 1 aliphatic rings. The summed E-state index contributed by atoms with van der Waals surface area (Å²) in [7, 11) is 0. The second kappa shape index (κ2) is 18.3. The molecule has 0 unspecified atom stereocenters. The van der Waals surface area contributed by atoms with Gasteiger partial charge in [-0.2, -0.15) is 26.3 Å². The van der Waals surface area contributed by atoms with Gasteiger partial charge in [0.25, 0.3) is 0 Å². The highest BCUT2D eigenvalue weighted by atomic mass is 19.4. The first-order valence-electron chi connectivity index (χ1n) is 10.4. The van der Waals surface area contributed by atoms with Gasteiger partial charge in [-0.25, -0.2) is 4.39 Å². The van der Waals surface area contributed by atoms with E-state index in [9.17, 15) is 30.7 Å². The van der Waals surface area contributed by atoms with Crippen molar-refractivity contribution in [2.24, 2.45) is 0 Å². The van der Waals surface area contributed by atoms with E-state index >= 15 is 0 Å². The van der Waals surface area contributed by atoms with Crippen molar-refractivity contribution in [3.05, 3.63) is 71.0 Å². The number of aliphatic hydroxyl groups excluding tert-OH is 1. The minimum absolute atomic E-state index is 0.0131. The van der Waals surface area contributed by atoms with Gasteiger partial charge in [-0.05, 0) is 35.9 Å². The minimum Gasteiger partial charge on any atom is -0.392 e. The highest BCUT2D eigenvalue weighted by molar-refractivity contribution is 5.33. The molecule has 2 aromatic rings. The summed E-state index contributed by atoms with van der Waals surface area (Å²) in [5.41, 5.74) is -3.28. The smallest absolute Gasteiger partial charge is 0.392 e.